The number of tetrazole rings is 1. The van der Waals surface area contributed by atoms with Gasteiger partial charge >= 0.3 is 0 Å². The van der Waals surface area contributed by atoms with E-state index in [1.807, 2.05) is 16.8 Å². The Labute approximate surface area is 176 Å². The number of aromatic amines is 1. The molecule has 1 aliphatic carbocycles. The summed E-state index contributed by atoms with van der Waals surface area (Å²) in [7, 11) is 0. The highest BCUT2D eigenvalue weighted by Crippen LogP contribution is 2.34. The maximum atomic E-state index is 13.2. The number of hydrogen-bond donors (Lipinski definition) is 1. The zero-order valence-electron chi connectivity index (χ0n) is 17.7. The number of aryl methyl sites for hydroxylation is 1. The zero-order chi connectivity index (χ0) is 20.5. The van der Waals surface area contributed by atoms with Crippen molar-refractivity contribution in [2.45, 2.75) is 70.4 Å². The second-order valence-electron chi connectivity index (χ2n) is 8.92. The van der Waals surface area contributed by atoms with Crippen LogP contribution in [0.3, 0.4) is 0 Å². The van der Waals surface area contributed by atoms with Crippen molar-refractivity contribution >= 4 is 10.9 Å². The van der Waals surface area contributed by atoms with Crippen molar-refractivity contribution in [1.82, 2.24) is 30.1 Å². The van der Waals surface area contributed by atoms with Crippen molar-refractivity contribution in [3.05, 3.63) is 51.6 Å². The highest BCUT2D eigenvalue weighted by atomic mass is 16.1. The van der Waals surface area contributed by atoms with Gasteiger partial charge in [0.2, 0.25) is 0 Å². The quantitative estimate of drug-likeness (QED) is 0.711. The summed E-state index contributed by atoms with van der Waals surface area (Å²) in [6, 6.07) is 8.32. The molecular weight excluding hydrogens is 376 g/mol. The van der Waals surface area contributed by atoms with Crippen LogP contribution >= 0.6 is 0 Å². The van der Waals surface area contributed by atoms with Gasteiger partial charge in [-0.05, 0) is 79.7 Å². The summed E-state index contributed by atoms with van der Waals surface area (Å²) in [5.74, 6) is 0.821. The number of piperidine rings is 1. The van der Waals surface area contributed by atoms with Crippen LogP contribution < -0.4 is 5.56 Å². The fourth-order valence-electron chi connectivity index (χ4n) is 5.19. The van der Waals surface area contributed by atoms with E-state index in [-0.39, 0.29) is 11.6 Å². The van der Waals surface area contributed by atoms with Gasteiger partial charge in [-0.2, -0.15) is 0 Å². The first-order valence-electron chi connectivity index (χ1n) is 11.4. The van der Waals surface area contributed by atoms with Crippen molar-refractivity contribution in [1.29, 1.82) is 0 Å². The van der Waals surface area contributed by atoms with Gasteiger partial charge in [0.25, 0.3) is 5.56 Å². The van der Waals surface area contributed by atoms with Gasteiger partial charge in [-0.25, -0.2) is 4.68 Å². The molecule has 1 atom stereocenters. The largest absolute Gasteiger partial charge is 0.322 e. The molecule has 5 rings (SSSR count). The van der Waals surface area contributed by atoms with E-state index in [4.69, 9.17) is 0 Å². The number of hydrogen-bond acceptors (Lipinski definition) is 5. The Balaban J connectivity index is 1.64. The summed E-state index contributed by atoms with van der Waals surface area (Å²) >= 11 is 0. The second-order valence-corrected chi connectivity index (χ2v) is 8.92. The smallest absolute Gasteiger partial charge is 0.253 e. The van der Waals surface area contributed by atoms with E-state index in [2.05, 4.69) is 44.5 Å². The summed E-state index contributed by atoms with van der Waals surface area (Å²) in [5.41, 5.74) is 2.77. The topological polar surface area (TPSA) is 79.7 Å². The molecule has 2 aromatic heterocycles. The lowest BCUT2D eigenvalue weighted by Gasteiger charge is -2.34. The van der Waals surface area contributed by atoms with Crippen LogP contribution in [-0.2, 0) is 0 Å². The number of nitrogens with zero attached hydrogens (tertiary/aromatic N) is 5. The Morgan fingerprint density at radius 3 is 2.60 bits per heavy atom. The van der Waals surface area contributed by atoms with Crippen LogP contribution in [0.4, 0.5) is 0 Å². The number of likely N-dealkylation sites (tertiary alicyclic amines) is 1. The van der Waals surface area contributed by atoms with Crippen molar-refractivity contribution in [2.75, 3.05) is 13.1 Å². The summed E-state index contributed by atoms with van der Waals surface area (Å²) in [5, 5.41) is 14.0. The van der Waals surface area contributed by atoms with E-state index < -0.39 is 0 Å². The molecule has 3 aromatic rings. The fraction of sp³-hybridized carbons (Fsp3) is 0.565. The maximum Gasteiger partial charge on any atom is 0.253 e. The van der Waals surface area contributed by atoms with Crippen LogP contribution in [-0.4, -0.2) is 43.2 Å². The number of rotatable bonds is 4. The van der Waals surface area contributed by atoms with Crippen molar-refractivity contribution in [2.24, 2.45) is 0 Å². The molecule has 0 spiro atoms. The molecule has 158 valence electrons. The minimum Gasteiger partial charge on any atom is -0.322 e. The summed E-state index contributed by atoms with van der Waals surface area (Å²) in [4.78, 5) is 18.7. The zero-order valence-corrected chi connectivity index (χ0v) is 17.7. The molecule has 1 aliphatic heterocycles. The van der Waals surface area contributed by atoms with Crippen LogP contribution in [0.5, 0.6) is 0 Å². The van der Waals surface area contributed by atoms with E-state index in [0.29, 0.717) is 6.04 Å². The van der Waals surface area contributed by atoms with Gasteiger partial charge < -0.3 is 4.98 Å². The fourth-order valence-corrected chi connectivity index (χ4v) is 5.19. The monoisotopic (exact) mass is 406 g/mol. The third-order valence-corrected chi connectivity index (χ3v) is 6.76. The molecule has 1 aromatic carbocycles. The van der Waals surface area contributed by atoms with Gasteiger partial charge in [0.05, 0.1) is 6.04 Å². The van der Waals surface area contributed by atoms with Crippen molar-refractivity contribution in [3.63, 3.8) is 0 Å². The summed E-state index contributed by atoms with van der Waals surface area (Å²) in [6.07, 6.45) is 9.47. The molecule has 1 N–H and O–H groups in total. The molecule has 2 fully saturated rings. The van der Waals surface area contributed by atoms with E-state index in [1.165, 1.54) is 31.2 Å². The molecule has 7 heteroatoms. The van der Waals surface area contributed by atoms with E-state index in [0.717, 1.165) is 61.1 Å². The second kappa shape index (κ2) is 8.30. The van der Waals surface area contributed by atoms with Gasteiger partial charge in [-0.1, -0.05) is 37.3 Å². The molecule has 3 heterocycles. The lowest BCUT2D eigenvalue weighted by atomic mass is 9.94. The highest BCUT2D eigenvalue weighted by Gasteiger charge is 2.33. The number of benzene rings is 1. The SMILES string of the molecule is Cc1ccc2[nH]c(=O)c(C(c3nnnn3C3CCCCC3)N3CCCCC3)cc2c1. The Hall–Kier alpha value is -2.54. The lowest BCUT2D eigenvalue weighted by molar-refractivity contribution is 0.171. The molecule has 1 saturated heterocycles. The highest BCUT2D eigenvalue weighted by molar-refractivity contribution is 5.79. The van der Waals surface area contributed by atoms with Gasteiger partial charge in [0.15, 0.2) is 5.82 Å². The summed E-state index contributed by atoms with van der Waals surface area (Å²) in [6.45, 7) is 4.01. The van der Waals surface area contributed by atoms with Crippen LogP contribution in [0.25, 0.3) is 10.9 Å². The minimum atomic E-state index is -0.212. The van der Waals surface area contributed by atoms with Crippen LogP contribution in [0, 0.1) is 6.92 Å². The van der Waals surface area contributed by atoms with Gasteiger partial charge in [0, 0.05) is 11.1 Å². The van der Waals surface area contributed by atoms with Crippen LogP contribution in [0.15, 0.2) is 29.1 Å². The predicted octanol–water partition coefficient (Wildman–Crippen LogP) is 3.90. The normalized spacial score (nSPS) is 19.9. The molecule has 0 amide bonds. The Bertz CT molecular complexity index is 1070. The first-order chi connectivity index (χ1) is 14.7. The Kier molecular flexibility index (Phi) is 5.37. The maximum absolute atomic E-state index is 13.2. The lowest BCUT2D eigenvalue weighted by Crippen LogP contribution is -2.39. The van der Waals surface area contributed by atoms with Gasteiger partial charge in [0.1, 0.15) is 6.04 Å². The van der Waals surface area contributed by atoms with Gasteiger partial charge in [-0.15, -0.1) is 5.10 Å². The Morgan fingerprint density at radius 2 is 1.80 bits per heavy atom. The molecule has 0 radical (unpaired) electrons. The van der Waals surface area contributed by atoms with E-state index >= 15 is 0 Å². The number of H-pyrrole nitrogens is 1. The summed E-state index contributed by atoms with van der Waals surface area (Å²) < 4.78 is 2.03. The van der Waals surface area contributed by atoms with E-state index in [9.17, 15) is 4.79 Å². The van der Waals surface area contributed by atoms with Crippen LogP contribution in [0.2, 0.25) is 0 Å². The van der Waals surface area contributed by atoms with Gasteiger partial charge in [-0.3, -0.25) is 9.69 Å². The number of aromatic nitrogens is 5. The number of pyridine rings is 1. The van der Waals surface area contributed by atoms with Crippen molar-refractivity contribution < 1.29 is 0 Å². The average Bonchev–Trinajstić information content (AvgIpc) is 3.25. The first-order valence-corrected chi connectivity index (χ1v) is 11.4. The first kappa shape index (κ1) is 19.4. The van der Waals surface area contributed by atoms with Crippen molar-refractivity contribution in [3.8, 4) is 0 Å². The average molecular weight is 407 g/mol. The molecule has 2 aliphatic rings. The molecule has 0 bridgehead atoms. The standard InChI is InChI=1S/C23H30N6O/c1-16-10-11-20-17(14-16)15-19(23(30)24-20)21(28-12-6-3-7-13-28)22-25-26-27-29(22)18-8-4-2-5-9-18/h10-11,14-15,18,21H,2-9,12-13H2,1H3,(H,24,30). The molecule has 7 nitrogen and oxygen atoms in total. The predicted molar refractivity (Wildman–Crippen MR) is 117 cm³/mol. The minimum absolute atomic E-state index is 0.0416. The molecule has 1 unspecified atom stereocenters. The van der Waals surface area contributed by atoms with Crippen LogP contribution in [0.1, 0.15) is 80.4 Å². The molecular formula is C23H30N6O. The number of nitrogens with one attached hydrogen (secondary N) is 1. The third kappa shape index (κ3) is 3.67. The van der Waals surface area contributed by atoms with E-state index in [1.54, 1.807) is 0 Å². The molecule has 1 saturated carbocycles. The molecule has 30 heavy (non-hydrogen) atoms. The third-order valence-electron chi connectivity index (χ3n) is 6.76. The Morgan fingerprint density at radius 1 is 1.03 bits per heavy atom. The number of fused-ring (bicyclic) bond motifs is 1.